The Morgan fingerprint density at radius 2 is 1.43 bits per heavy atom. The van der Waals surface area contributed by atoms with Crippen molar-refractivity contribution in [3.05, 3.63) is 84.9 Å². The Balaban J connectivity index is 1.46. The smallest absolute Gasteiger partial charge is 0.222 e. The van der Waals surface area contributed by atoms with Crippen molar-refractivity contribution in [3.8, 4) is 22.8 Å². The molecule has 4 aromatic rings. The summed E-state index contributed by atoms with van der Waals surface area (Å²) in [7, 11) is 0. The molecule has 0 saturated carbocycles. The minimum atomic E-state index is 0.0490. The number of benzene rings is 3. The van der Waals surface area contributed by atoms with Crippen molar-refractivity contribution >= 4 is 23.1 Å². The first-order valence-corrected chi connectivity index (χ1v) is 9.10. The van der Waals surface area contributed by atoms with E-state index in [-0.39, 0.29) is 16.9 Å². The second-order valence-electron chi connectivity index (χ2n) is 6.40. The molecule has 0 amide bonds. The Morgan fingerprint density at radius 3 is 2.07 bits per heavy atom. The van der Waals surface area contributed by atoms with E-state index >= 15 is 0 Å². The first kappa shape index (κ1) is 19.2. The van der Waals surface area contributed by atoms with Gasteiger partial charge in [0.15, 0.2) is 0 Å². The van der Waals surface area contributed by atoms with E-state index < -0.39 is 0 Å². The summed E-state index contributed by atoms with van der Waals surface area (Å²) in [5.41, 5.74) is 8.61. The van der Waals surface area contributed by atoms with Crippen LogP contribution in [0.1, 0.15) is 0 Å². The van der Waals surface area contributed by atoms with Crippen molar-refractivity contribution in [2.24, 2.45) is 0 Å². The summed E-state index contributed by atoms with van der Waals surface area (Å²) >= 11 is 0. The molecule has 150 valence electrons. The molecule has 0 unspecified atom stereocenters. The second kappa shape index (κ2) is 8.48. The predicted octanol–water partition coefficient (Wildman–Crippen LogP) is 4.85. The zero-order valence-electron chi connectivity index (χ0n) is 15.8. The summed E-state index contributed by atoms with van der Waals surface area (Å²) in [6.45, 7) is 0. The van der Waals surface area contributed by atoms with Crippen LogP contribution in [0, 0.1) is 0 Å². The highest BCUT2D eigenvalue weighted by atomic mass is 16.8. The molecular weight excluding hydrogens is 382 g/mol. The van der Waals surface area contributed by atoms with Gasteiger partial charge in [-0.15, -0.1) is 5.23 Å². The van der Waals surface area contributed by atoms with Crippen LogP contribution in [-0.2, 0) is 0 Å². The van der Waals surface area contributed by atoms with Gasteiger partial charge in [0, 0.05) is 17.3 Å². The average Bonchev–Trinajstić information content (AvgIpc) is 2.76. The monoisotopic (exact) mass is 401 g/mol. The first-order valence-electron chi connectivity index (χ1n) is 9.10. The van der Waals surface area contributed by atoms with Crippen LogP contribution in [0.4, 0.5) is 23.1 Å². The van der Waals surface area contributed by atoms with Gasteiger partial charge in [-0.25, -0.2) is 4.98 Å². The SMILES string of the molecule is Nc1nc(Nc2ccc(Oc3ccc(N(O)O)cc3)cc2)cc(-c2ccccc2)n1. The quantitative estimate of drug-likeness (QED) is 0.339. The molecule has 0 aliphatic heterocycles. The molecule has 1 aromatic heterocycles. The van der Waals surface area contributed by atoms with Crippen molar-refractivity contribution in [2.45, 2.75) is 0 Å². The Hall–Kier alpha value is -4.14. The van der Waals surface area contributed by atoms with E-state index in [0.29, 0.717) is 17.3 Å². The lowest BCUT2D eigenvalue weighted by atomic mass is 10.1. The molecule has 30 heavy (non-hydrogen) atoms. The van der Waals surface area contributed by atoms with Gasteiger partial charge in [0.2, 0.25) is 5.95 Å². The third kappa shape index (κ3) is 4.64. The van der Waals surface area contributed by atoms with Crippen molar-refractivity contribution in [1.82, 2.24) is 9.97 Å². The van der Waals surface area contributed by atoms with Crippen molar-refractivity contribution in [2.75, 3.05) is 16.3 Å². The molecule has 0 atom stereocenters. The summed E-state index contributed by atoms with van der Waals surface area (Å²) in [6, 6.07) is 25.2. The molecule has 0 spiro atoms. The molecule has 0 fully saturated rings. The number of nitrogens with two attached hydrogens (primary N) is 1. The van der Waals surface area contributed by atoms with Gasteiger partial charge >= 0.3 is 0 Å². The van der Waals surface area contributed by atoms with Crippen LogP contribution >= 0.6 is 0 Å². The van der Waals surface area contributed by atoms with Crippen molar-refractivity contribution < 1.29 is 15.2 Å². The standard InChI is InChI=1S/C22H19N5O3/c23-22-25-20(15-4-2-1-3-5-15)14-21(26-22)24-16-6-10-18(11-7-16)30-19-12-8-17(9-13-19)27(28)29/h1-14,28-29H,(H3,23,24,25,26). The highest BCUT2D eigenvalue weighted by Gasteiger charge is 2.06. The summed E-state index contributed by atoms with van der Waals surface area (Å²) in [6.07, 6.45) is 0. The third-order valence-electron chi connectivity index (χ3n) is 4.24. The Labute approximate surface area is 172 Å². The van der Waals surface area contributed by atoms with E-state index in [4.69, 9.17) is 20.9 Å². The molecule has 3 aromatic carbocycles. The fourth-order valence-electron chi connectivity index (χ4n) is 2.82. The Kier molecular flexibility index (Phi) is 5.42. The van der Waals surface area contributed by atoms with Gasteiger partial charge in [-0.1, -0.05) is 30.3 Å². The van der Waals surface area contributed by atoms with E-state index in [1.165, 1.54) is 12.1 Å². The summed E-state index contributed by atoms with van der Waals surface area (Å²) in [5, 5.41) is 21.2. The maximum absolute atomic E-state index is 8.98. The number of nitrogens with zero attached hydrogens (tertiary/aromatic N) is 3. The number of hydrogen-bond donors (Lipinski definition) is 4. The Morgan fingerprint density at radius 1 is 0.800 bits per heavy atom. The molecule has 8 nitrogen and oxygen atoms in total. The molecule has 0 saturated heterocycles. The van der Waals surface area contributed by atoms with Crippen molar-refractivity contribution in [1.29, 1.82) is 0 Å². The largest absolute Gasteiger partial charge is 0.457 e. The van der Waals surface area contributed by atoms with Crippen LogP contribution in [0.25, 0.3) is 11.3 Å². The minimum Gasteiger partial charge on any atom is -0.457 e. The molecule has 4 rings (SSSR count). The van der Waals surface area contributed by atoms with Crippen molar-refractivity contribution in [3.63, 3.8) is 0 Å². The van der Waals surface area contributed by atoms with E-state index in [1.807, 2.05) is 60.7 Å². The predicted molar refractivity (Wildman–Crippen MR) is 114 cm³/mol. The number of rotatable bonds is 6. The van der Waals surface area contributed by atoms with Gasteiger partial charge in [0.1, 0.15) is 17.3 Å². The minimum absolute atomic E-state index is 0.0490. The van der Waals surface area contributed by atoms with Crippen LogP contribution in [0.2, 0.25) is 0 Å². The van der Waals surface area contributed by atoms with Gasteiger partial charge in [0.25, 0.3) is 0 Å². The van der Waals surface area contributed by atoms with Crippen LogP contribution in [0.15, 0.2) is 84.9 Å². The number of aromatic nitrogens is 2. The van der Waals surface area contributed by atoms with E-state index in [1.54, 1.807) is 12.1 Å². The van der Waals surface area contributed by atoms with Crippen LogP contribution in [0.3, 0.4) is 0 Å². The highest BCUT2D eigenvalue weighted by Crippen LogP contribution is 2.27. The zero-order chi connectivity index (χ0) is 20.9. The van der Waals surface area contributed by atoms with E-state index in [2.05, 4.69) is 15.3 Å². The van der Waals surface area contributed by atoms with Crippen LogP contribution in [0.5, 0.6) is 11.5 Å². The fraction of sp³-hybridized carbons (Fsp3) is 0. The lowest BCUT2D eigenvalue weighted by Gasteiger charge is -2.11. The topological polar surface area (TPSA) is 117 Å². The molecule has 1 heterocycles. The van der Waals surface area contributed by atoms with E-state index in [9.17, 15) is 0 Å². The van der Waals surface area contributed by atoms with Gasteiger partial charge in [-0.05, 0) is 48.5 Å². The molecule has 0 aliphatic carbocycles. The number of anilines is 4. The van der Waals surface area contributed by atoms with Gasteiger partial charge in [-0.2, -0.15) is 4.98 Å². The number of nitrogens with one attached hydrogen (secondary N) is 1. The molecule has 8 heteroatoms. The lowest BCUT2D eigenvalue weighted by molar-refractivity contribution is 0.0291. The first-order chi connectivity index (χ1) is 14.6. The summed E-state index contributed by atoms with van der Waals surface area (Å²) in [5.74, 6) is 1.97. The summed E-state index contributed by atoms with van der Waals surface area (Å²) < 4.78 is 5.76. The molecule has 0 aliphatic rings. The third-order valence-corrected chi connectivity index (χ3v) is 4.24. The highest BCUT2D eigenvalue weighted by molar-refractivity contribution is 5.67. The van der Waals surface area contributed by atoms with Gasteiger partial charge in [0.05, 0.1) is 11.4 Å². The molecule has 5 N–H and O–H groups in total. The lowest BCUT2D eigenvalue weighted by Crippen LogP contribution is -2.10. The maximum atomic E-state index is 8.98. The average molecular weight is 401 g/mol. The number of nitrogen functional groups attached to an aromatic ring is 1. The maximum Gasteiger partial charge on any atom is 0.222 e. The summed E-state index contributed by atoms with van der Waals surface area (Å²) in [4.78, 5) is 8.54. The fourth-order valence-corrected chi connectivity index (χ4v) is 2.82. The number of hydrogen-bond acceptors (Lipinski definition) is 8. The van der Waals surface area contributed by atoms with Gasteiger partial charge in [-0.3, -0.25) is 10.4 Å². The molecule has 0 bridgehead atoms. The van der Waals surface area contributed by atoms with Crippen LogP contribution < -0.4 is 21.0 Å². The van der Waals surface area contributed by atoms with Crippen LogP contribution in [-0.4, -0.2) is 20.4 Å². The second-order valence-corrected chi connectivity index (χ2v) is 6.40. The molecule has 0 radical (unpaired) electrons. The number of ether oxygens (including phenoxy) is 1. The molecular formula is C22H19N5O3. The Bertz CT molecular complexity index is 1120. The van der Waals surface area contributed by atoms with Gasteiger partial charge < -0.3 is 15.8 Å². The zero-order valence-corrected chi connectivity index (χ0v) is 15.8. The van der Waals surface area contributed by atoms with E-state index in [0.717, 1.165) is 16.9 Å². The normalized spacial score (nSPS) is 10.5.